The van der Waals surface area contributed by atoms with E-state index in [2.05, 4.69) is 0 Å². The molecule has 18 heavy (non-hydrogen) atoms. The fourth-order valence-corrected chi connectivity index (χ4v) is 3.78. The Morgan fingerprint density at radius 2 is 1.83 bits per heavy atom. The van der Waals surface area contributed by atoms with Crippen molar-refractivity contribution < 1.29 is 13.6 Å². The van der Waals surface area contributed by atoms with E-state index in [9.17, 15) is 4.57 Å². The molecule has 4 nitrogen and oxygen atoms in total. The normalized spacial score (nSPS) is 11.3. The fourth-order valence-electron chi connectivity index (χ4n) is 1.37. The highest BCUT2D eigenvalue weighted by Crippen LogP contribution is 2.49. The van der Waals surface area contributed by atoms with Gasteiger partial charge in [0.15, 0.2) is 0 Å². The minimum Gasteiger partial charge on any atom is -0.305 e. The first-order chi connectivity index (χ1) is 8.50. The zero-order valence-corrected chi connectivity index (χ0v) is 12.4. The van der Waals surface area contributed by atoms with Crippen molar-refractivity contribution in [2.75, 3.05) is 13.2 Å². The van der Waals surface area contributed by atoms with E-state index in [-0.39, 0.29) is 34.1 Å². The first kappa shape index (κ1) is 15.5. The second-order valence-corrected chi connectivity index (χ2v) is 5.98. The third kappa shape index (κ3) is 3.06. The molecule has 0 amide bonds. The van der Waals surface area contributed by atoms with Crippen LogP contribution < -0.4 is 5.30 Å². The van der Waals surface area contributed by atoms with Crippen molar-refractivity contribution in [1.82, 2.24) is 0 Å². The van der Waals surface area contributed by atoms with Gasteiger partial charge in [-0.25, -0.2) is 0 Å². The minimum atomic E-state index is -3.51. The summed E-state index contributed by atoms with van der Waals surface area (Å²) in [6.07, 6.45) is 0. The molecule has 0 atom stereocenters. The van der Waals surface area contributed by atoms with Crippen LogP contribution in [0.15, 0.2) is 12.1 Å². The van der Waals surface area contributed by atoms with Crippen LogP contribution in [-0.4, -0.2) is 13.2 Å². The molecule has 1 aromatic carbocycles. The third-order valence-electron chi connectivity index (χ3n) is 2.08. The Balaban J connectivity index is 3.40. The van der Waals surface area contributed by atoms with Crippen molar-refractivity contribution in [1.29, 1.82) is 5.26 Å². The molecule has 0 N–H and O–H groups in total. The highest BCUT2D eigenvalue weighted by atomic mass is 35.5. The lowest BCUT2D eigenvalue weighted by Gasteiger charge is -2.18. The summed E-state index contributed by atoms with van der Waals surface area (Å²) in [7, 11) is -3.51. The maximum absolute atomic E-state index is 12.5. The molecule has 0 fully saturated rings. The van der Waals surface area contributed by atoms with Crippen LogP contribution in [0.1, 0.15) is 19.4 Å². The summed E-state index contributed by atoms with van der Waals surface area (Å²) in [4.78, 5) is 0. The lowest BCUT2D eigenvalue weighted by molar-refractivity contribution is 0.230. The van der Waals surface area contributed by atoms with Gasteiger partial charge >= 0.3 is 7.60 Å². The maximum atomic E-state index is 12.5. The van der Waals surface area contributed by atoms with Gasteiger partial charge in [0.2, 0.25) is 0 Å². The monoisotopic (exact) mass is 307 g/mol. The smallest absolute Gasteiger partial charge is 0.305 e. The first-order valence-corrected chi connectivity index (χ1v) is 7.57. The zero-order chi connectivity index (χ0) is 13.8. The third-order valence-corrected chi connectivity index (χ3v) is 5.07. The van der Waals surface area contributed by atoms with Crippen LogP contribution in [0.5, 0.6) is 0 Å². The predicted molar refractivity (Wildman–Crippen MR) is 71.7 cm³/mol. The lowest BCUT2D eigenvalue weighted by Crippen LogP contribution is -2.13. The number of nitrogens with zero attached hydrogens (tertiary/aromatic N) is 1. The van der Waals surface area contributed by atoms with E-state index in [1.807, 2.05) is 6.07 Å². The van der Waals surface area contributed by atoms with Crippen LogP contribution in [0.3, 0.4) is 0 Å². The molecule has 7 heteroatoms. The van der Waals surface area contributed by atoms with Crippen molar-refractivity contribution in [2.24, 2.45) is 0 Å². The zero-order valence-electron chi connectivity index (χ0n) is 9.94. The van der Waals surface area contributed by atoms with E-state index >= 15 is 0 Å². The van der Waals surface area contributed by atoms with Crippen LogP contribution in [0.4, 0.5) is 0 Å². The standard InChI is InChI=1S/C11H12Cl2NO3P/c1-3-16-18(15,17-4-2)10-6-5-9(12)8(7-14)11(10)13/h5-6H,3-4H2,1-2H3. The Morgan fingerprint density at radius 1 is 1.28 bits per heavy atom. The van der Waals surface area contributed by atoms with E-state index in [0.717, 1.165) is 0 Å². The van der Waals surface area contributed by atoms with Gasteiger partial charge in [0.25, 0.3) is 0 Å². The molecule has 98 valence electrons. The quantitative estimate of drug-likeness (QED) is 0.777. The molecule has 0 radical (unpaired) electrons. The molecular weight excluding hydrogens is 296 g/mol. The van der Waals surface area contributed by atoms with E-state index in [1.54, 1.807) is 13.8 Å². The van der Waals surface area contributed by atoms with Gasteiger partial charge in [-0.05, 0) is 26.0 Å². The van der Waals surface area contributed by atoms with Gasteiger partial charge < -0.3 is 9.05 Å². The van der Waals surface area contributed by atoms with E-state index in [4.69, 9.17) is 37.5 Å². The Kier molecular flexibility index (Phi) is 5.65. The average molecular weight is 308 g/mol. The molecule has 0 bridgehead atoms. The van der Waals surface area contributed by atoms with Crippen LogP contribution in [0.25, 0.3) is 0 Å². The van der Waals surface area contributed by atoms with E-state index in [0.29, 0.717) is 0 Å². The Bertz CT molecular complexity index is 518. The van der Waals surface area contributed by atoms with Gasteiger partial charge in [0.05, 0.1) is 34.1 Å². The molecule has 0 aromatic heterocycles. The van der Waals surface area contributed by atoms with Gasteiger partial charge in [-0.3, -0.25) is 4.57 Å². The first-order valence-electron chi connectivity index (χ1n) is 5.28. The molecule has 0 heterocycles. The van der Waals surface area contributed by atoms with E-state index in [1.165, 1.54) is 12.1 Å². The van der Waals surface area contributed by atoms with Crippen molar-refractivity contribution in [3.05, 3.63) is 27.7 Å². The molecule has 0 aliphatic rings. The predicted octanol–water partition coefficient (Wildman–Crippen LogP) is 3.76. The van der Waals surface area contributed by atoms with Gasteiger partial charge in [-0.15, -0.1) is 0 Å². The number of rotatable bonds is 5. The lowest BCUT2D eigenvalue weighted by atomic mass is 10.2. The fraction of sp³-hybridized carbons (Fsp3) is 0.364. The number of hydrogen-bond acceptors (Lipinski definition) is 4. The topological polar surface area (TPSA) is 59.3 Å². The summed E-state index contributed by atoms with van der Waals surface area (Å²) < 4.78 is 22.9. The second-order valence-electron chi connectivity index (χ2n) is 3.20. The molecule has 1 rings (SSSR count). The molecule has 0 saturated heterocycles. The second kappa shape index (κ2) is 6.56. The average Bonchev–Trinajstić information content (AvgIpc) is 2.30. The van der Waals surface area contributed by atoms with Gasteiger partial charge in [0.1, 0.15) is 6.07 Å². The summed E-state index contributed by atoms with van der Waals surface area (Å²) in [5.74, 6) is 0. The SMILES string of the molecule is CCOP(=O)(OCC)c1ccc(Cl)c(C#N)c1Cl. The minimum absolute atomic E-state index is 0.00948. The summed E-state index contributed by atoms with van der Waals surface area (Å²) in [5.41, 5.74) is 0.0652. The number of halogens is 2. The number of hydrogen-bond donors (Lipinski definition) is 0. The highest BCUT2D eigenvalue weighted by Gasteiger charge is 2.31. The molecule has 0 spiro atoms. The summed E-state index contributed by atoms with van der Waals surface area (Å²) in [6.45, 7) is 3.80. The van der Waals surface area contributed by atoms with E-state index < -0.39 is 7.60 Å². The summed E-state index contributed by atoms with van der Waals surface area (Å²) >= 11 is 11.9. The molecule has 1 aromatic rings. The van der Waals surface area contributed by atoms with Crippen molar-refractivity contribution >= 4 is 36.1 Å². The summed E-state index contributed by atoms with van der Waals surface area (Å²) in [5, 5.41) is 9.33. The largest absolute Gasteiger partial charge is 0.362 e. The summed E-state index contributed by atoms with van der Waals surface area (Å²) in [6, 6.07) is 4.77. The molecule has 0 aliphatic heterocycles. The van der Waals surface area contributed by atoms with Crippen molar-refractivity contribution in [3.63, 3.8) is 0 Å². The van der Waals surface area contributed by atoms with Gasteiger partial charge in [-0.2, -0.15) is 5.26 Å². The van der Waals surface area contributed by atoms with Crippen LogP contribution in [-0.2, 0) is 13.6 Å². The molecule has 0 aliphatic carbocycles. The highest BCUT2D eigenvalue weighted by molar-refractivity contribution is 7.62. The van der Waals surface area contributed by atoms with Crippen LogP contribution >= 0.6 is 30.8 Å². The number of benzene rings is 1. The van der Waals surface area contributed by atoms with Crippen molar-refractivity contribution in [3.8, 4) is 6.07 Å². The van der Waals surface area contributed by atoms with Crippen molar-refractivity contribution in [2.45, 2.75) is 13.8 Å². The Hall–Kier alpha value is -0.560. The van der Waals surface area contributed by atoms with Gasteiger partial charge in [-0.1, -0.05) is 23.2 Å². The molecular formula is C11H12Cl2NO3P. The molecule has 0 saturated carbocycles. The van der Waals surface area contributed by atoms with Crippen LogP contribution in [0.2, 0.25) is 10.0 Å². The van der Waals surface area contributed by atoms with Crippen LogP contribution in [0, 0.1) is 11.3 Å². The Labute approximate surface area is 116 Å². The maximum Gasteiger partial charge on any atom is 0.362 e. The Morgan fingerprint density at radius 3 is 2.28 bits per heavy atom. The van der Waals surface area contributed by atoms with Gasteiger partial charge in [0, 0.05) is 0 Å². The number of nitriles is 1. The molecule has 0 unspecified atom stereocenters.